The van der Waals surface area contributed by atoms with E-state index in [9.17, 15) is 9.59 Å². The molecule has 1 aromatic rings. The van der Waals surface area contributed by atoms with Gasteiger partial charge in [-0.05, 0) is 6.42 Å². The molecule has 0 saturated heterocycles. The molecular weight excluding hydrogens is 212 g/mol. The lowest BCUT2D eigenvalue weighted by Gasteiger charge is -2.13. The van der Waals surface area contributed by atoms with E-state index in [2.05, 4.69) is 20.8 Å². The number of carbonyl (C=O) groups is 2. The summed E-state index contributed by atoms with van der Waals surface area (Å²) >= 11 is 0. The number of carbonyl (C=O) groups excluding carboxylic acids is 1. The Kier molecular flexibility index (Phi) is 4.31. The summed E-state index contributed by atoms with van der Waals surface area (Å²) in [5, 5.41) is 19.8. The Bertz CT molecular complexity index is 350. The zero-order valence-corrected chi connectivity index (χ0v) is 8.86. The molecule has 1 heterocycles. The van der Waals surface area contributed by atoms with Crippen LogP contribution >= 0.6 is 0 Å². The molecule has 0 fully saturated rings. The number of anilines is 1. The molecule has 0 aliphatic rings. The van der Waals surface area contributed by atoms with Crippen molar-refractivity contribution in [1.82, 2.24) is 15.5 Å². The van der Waals surface area contributed by atoms with Crippen molar-refractivity contribution in [3.8, 4) is 0 Å². The third-order valence-corrected chi connectivity index (χ3v) is 1.94. The Morgan fingerprint density at radius 1 is 1.62 bits per heavy atom. The fraction of sp³-hybridized carbons (Fsp3) is 0.444. The number of nitrogens with one attached hydrogen (secondary N) is 3. The van der Waals surface area contributed by atoms with E-state index in [1.54, 1.807) is 0 Å². The third kappa shape index (κ3) is 3.60. The first-order valence-corrected chi connectivity index (χ1v) is 4.92. The minimum atomic E-state index is -1.04. The number of carboxylic acid groups (broad SMARTS) is 1. The minimum absolute atomic E-state index is 0.397. The number of urea groups is 1. The number of hydrogen-bond donors (Lipinski definition) is 4. The number of H-pyrrole nitrogens is 1. The van der Waals surface area contributed by atoms with Gasteiger partial charge < -0.3 is 15.7 Å². The molecule has 0 unspecified atom stereocenters. The highest BCUT2D eigenvalue weighted by Gasteiger charge is 2.18. The predicted octanol–water partition coefficient (Wildman–Crippen LogP) is 0.785. The molecule has 1 atom stereocenters. The minimum Gasteiger partial charge on any atom is -0.480 e. The molecule has 1 aromatic heterocycles. The molecule has 0 radical (unpaired) electrons. The van der Waals surface area contributed by atoms with Crippen molar-refractivity contribution in [2.75, 3.05) is 5.32 Å². The number of hydrogen-bond acceptors (Lipinski definition) is 3. The first-order chi connectivity index (χ1) is 7.63. The lowest BCUT2D eigenvalue weighted by Crippen LogP contribution is -2.42. The van der Waals surface area contributed by atoms with Crippen LogP contribution in [0.4, 0.5) is 10.5 Å². The molecular formula is C9H14N4O3. The third-order valence-electron chi connectivity index (χ3n) is 1.94. The maximum Gasteiger partial charge on any atom is 0.326 e. The van der Waals surface area contributed by atoms with E-state index in [0.29, 0.717) is 18.5 Å². The van der Waals surface area contributed by atoms with Gasteiger partial charge >= 0.3 is 12.0 Å². The molecule has 0 spiro atoms. The average Bonchev–Trinajstić information content (AvgIpc) is 2.69. The quantitative estimate of drug-likeness (QED) is 0.595. The SMILES string of the molecule is CCC[C@H](NC(=O)Nc1cn[nH]c1)C(=O)O. The van der Waals surface area contributed by atoms with Gasteiger partial charge in [-0.1, -0.05) is 13.3 Å². The van der Waals surface area contributed by atoms with Gasteiger partial charge in [-0.3, -0.25) is 5.10 Å². The Balaban J connectivity index is 2.45. The van der Waals surface area contributed by atoms with Crippen LogP contribution in [0, 0.1) is 0 Å². The van der Waals surface area contributed by atoms with E-state index in [1.807, 2.05) is 6.92 Å². The highest BCUT2D eigenvalue weighted by atomic mass is 16.4. The van der Waals surface area contributed by atoms with Gasteiger partial charge in [-0.2, -0.15) is 5.10 Å². The van der Waals surface area contributed by atoms with E-state index in [0.717, 1.165) is 0 Å². The van der Waals surface area contributed by atoms with Crippen molar-refractivity contribution in [3.05, 3.63) is 12.4 Å². The fourth-order valence-electron chi connectivity index (χ4n) is 1.19. The Morgan fingerprint density at radius 2 is 2.38 bits per heavy atom. The average molecular weight is 226 g/mol. The summed E-state index contributed by atoms with van der Waals surface area (Å²) in [4.78, 5) is 22.1. The monoisotopic (exact) mass is 226 g/mol. The van der Waals surface area contributed by atoms with Crippen LogP contribution in [0.2, 0.25) is 0 Å². The highest BCUT2D eigenvalue weighted by molar-refractivity contribution is 5.91. The van der Waals surface area contributed by atoms with Crippen molar-refractivity contribution in [2.24, 2.45) is 0 Å². The Labute approximate surface area is 92.2 Å². The number of aromatic amines is 1. The second-order valence-electron chi connectivity index (χ2n) is 3.26. The van der Waals surface area contributed by atoms with Crippen LogP contribution in [-0.2, 0) is 4.79 Å². The first kappa shape index (κ1) is 12.0. The molecule has 0 saturated carbocycles. The lowest BCUT2D eigenvalue weighted by molar-refractivity contribution is -0.139. The highest BCUT2D eigenvalue weighted by Crippen LogP contribution is 2.02. The van der Waals surface area contributed by atoms with Gasteiger partial charge in [0.05, 0.1) is 11.9 Å². The number of nitrogens with zero attached hydrogens (tertiary/aromatic N) is 1. The first-order valence-electron chi connectivity index (χ1n) is 4.92. The van der Waals surface area contributed by atoms with Crippen LogP contribution in [-0.4, -0.2) is 33.3 Å². The van der Waals surface area contributed by atoms with Crippen molar-refractivity contribution in [2.45, 2.75) is 25.8 Å². The topological polar surface area (TPSA) is 107 Å². The van der Waals surface area contributed by atoms with Crippen molar-refractivity contribution >= 4 is 17.7 Å². The van der Waals surface area contributed by atoms with E-state index >= 15 is 0 Å². The van der Waals surface area contributed by atoms with E-state index in [-0.39, 0.29) is 0 Å². The maximum absolute atomic E-state index is 11.4. The summed E-state index contributed by atoms with van der Waals surface area (Å²) < 4.78 is 0. The predicted molar refractivity (Wildman–Crippen MR) is 57.1 cm³/mol. The van der Waals surface area contributed by atoms with Crippen LogP contribution < -0.4 is 10.6 Å². The molecule has 88 valence electrons. The summed E-state index contributed by atoms with van der Waals surface area (Å²) in [5.74, 6) is -1.04. The number of aliphatic carboxylic acids is 1. The van der Waals surface area contributed by atoms with E-state index < -0.39 is 18.0 Å². The second kappa shape index (κ2) is 5.74. The fourth-order valence-corrected chi connectivity index (χ4v) is 1.19. The van der Waals surface area contributed by atoms with Crippen LogP contribution in [0.15, 0.2) is 12.4 Å². The maximum atomic E-state index is 11.4. The molecule has 7 nitrogen and oxygen atoms in total. The second-order valence-corrected chi connectivity index (χ2v) is 3.26. The van der Waals surface area contributed by atoms with Gasteiger partial charge in [0.2, 0.25) is 0 Å². The molecule has 1 rings (SSSR count). The van der Waals surface area contributed by atoms with Gasteiger partial charge in [0.15, 0.2) is 0 Å². The molecule has 0 bridgehead atoms. The molecule has 7 heteroatoms. The zero-order chi connectivity index (χ0) is 12.0. The largest absolute Gasteiger partial charge is 0.480 e. The molecule has 2 amide bonds. The Morgan fingerprint density at radius 3 is 2.88 bits per heavy atom. The summed E-state index contributed by atoms with van der Waals surface area (Å²) in [6, 6.07) is -1.42. The standard InChI is InChI=1S/C9H14N4O3/c1-2-3-7(8(14)15)13-9(16)12-6-4-10-11-5-6/h4-5,7H,2-3H2,1H3,(H,10,11)(H,14,15)(H2,12,13,16)/t7-/m0/s1. The normalized spacial score (nSPS) is 11.8. The number of amides is 2. The van der Waals surface area contributed by atoms with Gasteiger partial charge in [-0.15, -0.1) is 0 Å². The van der Waals surface area contributed by atoms with E-state index in [4.69, 9.17) is 5.11 Å². The lowest BCUT2D eigenvalue weighted by atomic mass is 10.2. The van der Waals surface area contributed by atoms with Crippen molar-refractivity contribution < 1.29 is 14.7 Å². The van der Waals surface area contributed by atoms with Crippen LogP contribution in [0.3, 0.4) is 0 Å². The van der Waals surface area contributed by atoms with E-state index in [1.165, 1.54) is 12.4 Å². The van der Waals surface area contributed by atoms with Gasteiger partial charge in [0.1, 0.15) is 6.04 Å². The summed E-state index contributed by atoms with van der Waals surface area (Å²) in [7, 11) is 0. The number of rotatable bonds is 5. The number of carboxylic acids is 1. The summed E-state index contributed by atoms with van der Waals surface area (Å²) in [6.07, 6.45) is 4.00. The smallest absolute Gasteiger partial charge is 0.326 e. The van der Waals surface area contributed by atoms with Gasteiger partial charge in [-0.25, -0.2) is 9.59 Å². The zero-order valence-electron chi connectivity index (χ0n) is 8.86. The number of aromatic nitrogens is 2. The Hall–Kier alpha value is -2.05. The molecule has 0 aliphatic carbocycles. The van der Waals surface area contributed by atoms with Crippen LogP contribution in [0.5, 0.6) is 0 Å². The molecule has 4 N–H and O–H groups in total. The van der Waals surface area contributed by atoms with Crippen molar-refractivity contribution in [1.29, 1.82) is 0 Å². The molecule has 0 aliphatic heterocycles. The van der Waals surface area contributed by atoms with Crippen LogP contribution in [0.25, 0.3) is 0 Å². The summed E-state index contributed by atoms with van der Waals surface area (Å²) in [6.45, 7) is 1.85. The van der Waals surface area contributed by atoms with Crippen molar-refractivity contribution in [3.63, 3.8) is 0 Å². The molecule has 0 aromatic carbocycles. The van der Waals surface area contributed by atoms with Gasteiger partial charge in [0.25, 0.3) is 0 Å². The summed E-state index contributed by atoms with van der Waals surface area (Å²) in [5.41, 5.74) is 0.484. The van der Waals surface area contributed by atoms with Gasteiger partial charge in [0, 0.05) is 6.20 Å². The molecule has 16 heavy (non-hydrogen) atoms. The van der Waals surface area contributed by atoms with Crippen LogP contribution in [0.1, 0.15) is 19.8 Å².